The number of hydrogen-bond acceptors (Lipinski definition) is 28. The van der Waals surface area contributed by atoms with Gasteiger partial charge in [-0.1, -0.05) is 97.1 Å². The highest BCUT2D eigenvalue weighted by molar-refractivity contribution is 5.96. The number of aromatic nitrogens is 12. The Morgan fingerprint density at radius 2 is 0.571 bits per heavy atom. The molecule has 28 nitrogen and oxygen atoms in total. The van der Waals surface area contributed by atoms with Gasteiger partial charge in [0.1, 0.15) is 0 Å². The number of para-hydroxylation sites is 5. The summed E-state index contributed by atoms with van der Waals surface area (Å²) in [5, 5.41) is 46.0. The Bertz CT molecular complexity index is 7770. The molecule has 0 radical (unpaired) electrons. The molecule has 0 saturated heterocycles. The van der Waals surface area contributed by atoms with Gasteiger partial charge in [-0.05, 0) is 241 Å². The monoisotopic (exact) mass is 1990 g/mol. The average molecular weight is 2000 g/mol. The van der Waals surface area contributed by atoms with E-state index >= 15 is 0 Å². The topological polar surface area (TPSA) is 348 Å². The Morgan fingerprint density at radius 3 is 0.918 bits per heavy atom. The number of hydrazone groups is 4. The second-order valence-corrected chi connectivity index (χ2v) is 33.8. The van der Waals surface area contributed by atoms with Crippen molar-refractivity contribution in [3.63, 3.8) is 0 Å². The predicted molar refractivity (Wildman–Crippen MR) is 555 cm³/mol. The molecule has 0 spiro atoms. The van der Waals surface area contributed by atoms with Crippen LogP contribution < -0.4 is 64.2 Å². The SMILES string of the molecule is Cc1nc(N/N=C/c2ccc(Nc3cccc(C(F)(F)F)c3)cn2)nc2c(NC3CC3)cccc12.Cc1nc(N/N=C/c2ccc(Nc3cccc(C(F)(F)F)c3)cn2)nc2c(NCC3CC3)cccc12.Cc1nc(N/N=C/c2ccc(Nc3cccc(C(F)(F)F)c3)cn2)nc2c(Nc3ccccc3)cccc12.Cc1nc(N/N=C/c2ccc(Nc3cccc(C(F)(F)F)c3)cn2)nc2cc(Nc3ccccc3)ccc12. The van der Waals surface area contributed by atoms with E-state index in [4.69, 9.17) is 0 Å². The quantitative estimate of drug-likeness (QED) is 0.0118. The van der Waals surface area contributed by atoms with Crippen LogP contribution in [0.3, 0.4) is 0 Å². The van der Waals surface area contributed by atoms with Crippen molar-refractivity contribution in [1.82, 2.24) is 59.8 Å². The Labute approximate surface area is 833 Å². The molecule has 10 aromatic carbocycles. The molecule has 40 heteroatoms. The first-order chi connectivity index (χ1) is 70.9. The van der Waals surface area contributed by atoms with Gasteiger partial charge in [0.25, 0.3) is 0 Å². The van der Waals surface area contributed by atoms with E-state index in [2.05, 4.69) is 144 Å². The number of aryl methyl sites for hydroxylation is 4. The summed E-state index contributed by atoms with van der Waals surface area (Å²) in [5.41, 5.74) is 26.3. The van der Waals surface area contributed by atoms with Gasteiger partial charge in [-0.25, -0.2) is 61.6 Å². The number of nitrogens with one attached hydrogen (secondary N) is 12. The van der Waals surface area contributed by atoms with Crippen LogP contribution in [0.25, 0.3) is 43.6 Å². The molecule has 18 aromatic rings. The highest BCUT2D eigenvalue weighted by atomic mass is 19.4. The molecule has 2 saturated carbocycles. The summed E-state index contributed by atoms with van der Waals surface area (Å²) in [7, 11) is 0. The van der Waals surface area contributed by atoms with Gasteiger partial charge in [-0.15, -0.1) is 0 Å². The zero-order valence-electron chi connectivity index (χ0n) is 78.6. The lowest BCUT2D eigenvalue weighted by Gasteiger charge is -2.11. The number of nitrogens with zero attached hydrogens (tertiary/aromatic N) is 16. The normalized spacial score (nSPS) is 12.7. The van der Waals surface area contributed by atoms with Crippen molar-refractivity contribution in [3.8, 4) is 0 Å². The highest BCUT2D eigenvalue weighted by Crippen LogP contribution is 2.40. The van der Waals surface area contributed by atoms with Gasteiger partial charge >= 0.3 is 24.7 Å². The third-order valence-corrected chi connectivity index (χ3v) is 22.5. The highest BCUT2D eigenvalue weighted by Gasteiger charge is 2.34. The molecule has 0 amide bonds. The van der Waals surface area contributed by atoms with Gasteiger partial charge in [-0.3, -0.25) is 19.9 Å². The number of fused-ring (bicyclic) bond motifs is 4. The van der Waals surface area contributed by atoms with Crippen LogP contribution >= 0.6 is 0 Å². The van der Waals surface area contributed by atoms with Crippen molar-refractivity contribution < 1.29 is 52.7 Å². The van der Waals surface area contributed by atoms with Crippen molar-refractivity contribution in [1.29, 1.82) is 0 Å². The van der Waals surface area contributed by atoms with Gasteiger partial charge in [0.15, 0.2) is 0 Å². The van der Waals surface area contributed by atoms with Crippen molar-refractivity contribution in [2.24, 2.45) is 26.3 Å². The molecule has 8 aromatic heterocycles. The average Bonchev–Trinajstić information content (AvgIpc) is 1.76. The number of halogens is 12. The fourth-order valence-electron chi connectivity index (χ4n) is 14.8. The van der Waals surface area contributed by atoms with Crippen LogP contribution in [0.15, 0.2) is 324 Å². The van der Waals surface area contributed by atoms with Crippen molar-refractivity contribution in [2.45, 2.75) is 84.1 Å². The van der Waals surface area contributed by atoms with E-state index in [9.17, 15) is 52.7 Å². The van der Waals surface area contributed by atoms with E-state index in [0.29, 0.717) is 98.1 Å². The van der Waals surface area contributed by atoms with Gasteiger partial charge in [0, 0.05) is 73.9 Å². The first-order valence-corrected chi connectivity index (χ1v) is 45.9. The van der Waals surface area contributed by atoms with Gasteiger partial charge in [-0.2, -0.15) is 73.1 Å². The number of rotatable bonds is 29. The second-order valence-electron chi connectivity index (χ2n) is 33.8. The van der Waals surface area contributed by atoms with Crippen LogP contribution in [-0.4, -0.2) is 97.3 Å². The Hall–Kier alpha value is -18.4. The van der Waals surface area contributed by atoms with Gasteiger partial charge < -0.3 is 42.5 Å². The molecule has 0 aliphatic heterocycles. The summed E-state index contributed by atoms with van der Waals surface area (Å²) >= 11 is 0. The molecule has 2 aliphatic carbocycles. The first kappa shape index (κ1) is 100. The molecular weight excluding hydrogens is 1910 g/mol. The molecule has 742 valence electrons. The Balaban J connectivity index is 0.000000134. The van der Waals surface area contributed by atoms with Gasteiger partial charge in [0.2, 0.25) is 23.8 Å². The van der Waals surface area contributed by atoms with Crippen LogP contribution in [0, 0.1) is 33.6 Å². The van der Waals surface area contributed by atoms with Crippen molar-refractivity contribution in [3.05, 3.63) is 372 Å². The molecule has 147 heavy (non-hydrogen) atoms. The molecule has 0 atom stereocenters. The molecule has 0 unspecified atom stereocenters. The number of anilines is 18. The van der Waals surface area contributed by atoms with Crippen LogP contribution in [0.2, 0.25) is 0 Å². The fourth-order valence-corrected chi connectivity index (χ4v) is 14.8. The zero-order valence-corrected chi connectivity index (χ0v) is 78.6. The second kappa shape index (κ2) is 45.2. The van der Waals surface area contributed by atoms with E-state index < -0.39 is 47.0 Å². The van der Waals surface area contributed by atoms with E-state index in [1.165, 1.54) is 86.8 Å². The van der Waals surface area contributed by atoms with Crippen LogP contribution in [-0.2, 0) is 24.7 Å². The minimum atomic E-state index is -4.41. The summed E-state index contributed by atoms with van der Waals surface area (Å²) in [6.07, 6.45) is -0.620. The van der Waals surface area contributed by atoms with E-state index in [0.717, 1.165) is 174 Å². The van der Waals surface area contributed by atoms with Crippen molar-refractivity contribution in [2.75, 3.05) is 70.8 Å². The van der Waals surface area contributed by atoms with Crippen LogP contribution in [0.4, 0.5) is 156 Å². The maximum Gasteiger partial charge on any atom is 0.416 e. The third-order valence-electron chi connectivity index (χ3n) is 22.5. The summed E-state index contributed by atoms with van der Waals surface area (Å²) in [4.78, 5) is 53.5. The van der Waals surface area contributed by atoms with Gasteiger partial charge in [0.05, 0.1) is 179 Å². The van der Waals surface area contributed by atoms with E-state index in [1.54, 1.807) is 72.8 Å². The molecule has 2 fully saturated rings. The summed E-state index contributed by atoms with van der Waals surface area (Å²) < 4.78 is 155. The molecule has 2 aliphatic rings. The lowest BCUT2D eigenvalue weighted by atomic mass is 10.1. The first-order valence-electron chi connectivity index (χ1n) is 45.9. The smallest absolute Gasteiger partial charge is 0.383 e. The number of alkyl halides is 12. The molecular formula is C107H90F12N28. The lowest BCUT2D eigenvalue weighted by molar-refractivity contribution is -0.138. The largest absolute Gasteiger partial charge is 0.416 e. The van der Waals surface area contributed by atoms with E-state index in [1.807, 2.05) is 161 Å². The standard InChI is InChI=1S/2C28H22F3N7.C26H24F3N7.C25H22F3N7/c1-18-24-11-6-12-25(36-20-8-3-2-4-9-20)26(24)37-27(34-18)38-33-17-22-13-14-23(16-32-22)35-21-10-5-7-19(15-21)28(29,30)31;1-18-25-13-12-22(35-20-7-3-2-4-8-20)15-26(25)37-27(34-18)38-33-17-23-10-11-24(16-32-23)36-21-9-5-6-19(14-21)28(29,30)31;1-16-22-6-3-7-23(31-13-17-8-9-17)24(22)35-25(33-16)36-32-15-20-10-11-21(14-30-20)34-19-5-2-4-18(12-19)26(27,28)29;1-15-21-6-3-7-22(33-17-8-9-17)23(21)34-24(31-15)35-30-14-19-10-11-20(13-29-19)32-18-5-2-4-16(12-18)25(26,27)28/h2*2-17,35-36H,1H3,(H,34,37,38);2-7,10-12,14-15,17,31,34H,8-9,13H2,1H3,(H,33,35,36);2-7,10-14,17,32-33H,8-9H2,1H3,(H,31,34,35)/b2*33-17+;32-15+;30-14+. The molecule has 20 rings (SSSR count). The minimum Gasteiger partial charge on any atom is -0.383 e. The predicted octanol–water partition coefficient (Wildman–Crippen LogP) is 27.0. The maximum atomic E-state index is 12.9. The molecule has 8 heterocycles. The fraction of sp³-hybridized carbons (Fsp3) is 0.140. The number of pyridine rings is 4. The van der Waals surface area contributed by atoms with Crippen molar-refractivity contribution >= 4 is 172 Å². The number of benzene rings is 10. The molecule has 0 bridgehead atoms. The van der Waals surface area contributed by atoms with Crippen LogP contribution in [0.1, 0.15) is 93.5 Å². The van der Waals surface area contributed by atoms with E-state index in [-0.39, 0.29) is 0 Å². The maximum absolute atomic E-state index is 12.9. The number of hydrogen-bond donors (Lipinski definition) is 12. The van der Waals surface area contributed by atoms with Crippen LogP contribution in [0.5, 0.6) is 0 Å². The summed E-state index contributed by atoms with van der Waals surface area (Å²) in [6.45, 7) is 8.61. The Kier molecular flexibility index (Phi) is 30.8. The summed E-state index contributed by atoms with van der Waals surface area (Å²) in [6, 6.07) is 77.5. The summed E-state index contributed by atoms with van der Waals surface area (Å²) in [5.74, 6) is 2.16. The Morgan fingerprint density at radius 1 is 0.272 bits per heavy atom. The zero-order chi connectivity index (χ0) is 103. The third kappa shape index (κ3) is 28.1. The minimum absolute atomic E-state index is 0.314. The lowest BCUT2D eigenvalue weighted by Crippen LogP contribution is -2.06. The molecule has 12 N–H and O–H groups in total.